The summed E-state index contributed by atoms with van der Waals surface area (Å²) in [4.78, 5) is 2.37. The van der Waals surface area contributed by atoms with Crippen molar-refractivity contribution < 1.29 is 9.84 Å². The van der Waals surface area contributed by atoms with Gasteiger partial charge in [0.25, 0.3) is 0 Å². The Morgan fingerprint density at radius 2 is 1.65 bits per heavy atom. The molecule has 1 aromatic carbocycles. The zero-order valence-corrected chi connectivity index (χ0v) is 11.9. The topological polar surface area (TPSA) is 44.7 Å². The van der Waals surface area contributed by atoms with Crippen molar-refractivity contribution in [3.05, 3.63) is 24.3 Å². The van der Waals surface area contributed by atoms with Gasteiger partial charge >= 0.3 is 0 Å². The van der Waals surface area contributed by atoms with Crippen molar-refractivity contribution in [2.45, 2.75) is 37.8 Å². The molecule has 1 aromatic rings. The Balaban J connectivity index is 1.55. The second-order valence-corrected chi connectivity index (χ2v) is 5.80. The van der Waals surface area contributed by atoms with E-state index >= 15 is 0 Å². The van der Waals surface area contributed by atoms with E-state index < -0.39 is 0 Å². The Labute approximate surface area is 120 Å². The van der Waals surface area contributed by atoms with Crippen molar-refractivity contribution in [1.82, 2.24) is 0 Å². The fourth-order valence-corrected chi connectivity index (χ4v) is 3.05. The van der Waals surface area contributed by atoms with Crippen LogP contribution in [0.25, 0.3) is 0 Å². The molecule has 0 amide bonds. The number of morpholine rings is 1. The third kappa shape index (κ3) is 3.44. The fourth-order valence-electron chi connectivity index (χ4n) is 3.05. The molecule has 1 aliphatic carbocycles. The number of anilines is 2. The smallest absolute Gasteiger partial charge is 0.0642 e. The quantitative estimate of drug-likeness (QED) is 0.888. The van der Waals surface area contributed by atoms with E-state index in [-0.39, 0.29) is 6.10 Å². The van der Waals surface area contributed by atoms with Crippen LogP contribution in [0, 0.1) is 0 Å². The maximum atomic E-state index is 9.53. The molecule has 2 N–H and O–H groups in total. The van der Waals surface area contributed by atoms with Crippen LogP contribution in [0.4, 0.5) is 11.4 Å². The van der Waals surface area contributed by atoms with Crippen LogP contribution in [0.3, 0.4) is 0 Å². The van der Waals surface area contributed by atoms with Crippen LogP contribution in [-0.4, -0.2) is 43.6 Å². The minimum absolute atomic E-state index is 0.0863. The SMILES string of the molecule is OC1CCC(Nc2ccc(N3CCOCC3)cc2)CC1. The number of nitrogens with one attached hydrogen (secondary N) is 1. The van der Waals surface area contributed by atoms with Crippen LogP contribution < -0.4 is 10.2 Å². The summed E-state index contributed by atoms with van der Waals surface area (Å²) >= 11 is 0. The lowest BCUT2D eigenvalue weighted by molar-refractivity contribution is 0.122. The second-order valence-electron chi connectivity index (χ2n) is 5.80. The Morgan fingerprint density at radius 1 is 1.00 bits per heavy atom. The fraction of sp³-hybridized carbons (Fsp3) is 0.625. The summed E-state index contributed by atoms with van der Waals surface area (Å²) in [6, 6.07) is 9.20. The van der Waals surface area contributed by atoms with Gasteiger partial charge in [-0.15, -0.1) is 0 Å². The van der Waals surface area contributed by atoms with Crippen LogP contribution >= 0.6 is 0 Å². The van der Waals surface area contributed by atoms with Gasteiger partial charge in [-0.1, -0.05) is 0 Å². The monoisotopic (exact) mass is 276 g/mol. The third-order valence-corrected chi connectivity index (χ3v) is 4.31. The van der Waals surface area contributed by atoms with Crippen molar-refractivity contribution >= 4 is 11.4 Å². The summed E-state index contributed by atoms with van der Waals surface area (Å²) < 4.78 is 5.38. The molecule has 0 aromatic heterocycles. The molecule has 1 heterocycles. The van der Waals surface area contributed by atoms with Gasteiger partial charge in [0.05, 0.1) is 19.3 Å². The molecule has 0 bridgehead atoms. The molecule has 110 valence electrons. The van der Waals surface area contributed by atoms with E-state index in [2.05, 4.69) is 34.5 Å². The predicted molar refractivity (Wildman–Crippen MR) is 81.4 cm³/mol. The normalized spacial score (nSPS) is 27.4. The second kappa shape index (κ2) is 6.46. The summed E-state index contributed by atoms with van der Waals surface area (Å²) in [6.45, 7) is 3.61. The number of nitrogens with zero attached hydrogens (tertiary/aromatic N) is 1. The van der Waals surface area contributed by atoms with E-state index in [1.165, 1.54) is 11.4 Å². The average molecular weight is 276 g/mol. The van der Waals surface area contributed by atoms with E-state index in [9.17, 15) is 5.11 Å². The number of aliphatic hydroxyl groups excluding tert-OH is 1. The molecule has 4 heteroatoms. The first kappa shape index (κ1) is 13.7. The molecule has 1 aliphatic heterocycles. The van der Waals surface area contributed by atoms with E-state index in [0.717, 1.165) is 52.0 Å². The van der Waals surface area contributed by atoms with Gasteiger partial charge in [-0.25, -0.2) is 0 Å². The van der Waals surface area contributed by atoms with Gasteiger partial charge in [0.1, 0.15) is 0 Å². The predicted octanol–water partition coefficient (Wildman–Crippen LogP) is 2.24. The molecule has 0 spiro atoms. The Kier molecular flexibility index (Phi) is 4.43. The number of ether oxygens (including phenoxy) is 1. The Morgan fingerprint density at radius 3 is 2.30 bits per heavy atom. The minimum atomic E-state index is -0.0863. The summed E-state index contributed by atoms with van der Waals surface area (Å²) in [5, 5.41) is 13.1. The molecular formula is C16H24N2O2. The maximum Gasteiger partial charge on any atom is 0.0642 e. The zero-order valence-electron chi connectivity index (χ0n) is 11.9. The van der Waals surface area contributed by atoms with Crippen LogP contribution in [0.2, 0.25) is 0 Å². The van der Waals surface area contributed by atoms with Gasteiger partial charge in [0.15, 0.2) is 0 Å². The molecule has 2 fully saturated rings. The van der Waals surface area contributed by atoms with Gasteiger partial charge in [-0.3, -0.25) is 0 Å². The highest BCUT2D eigenvalue weighted by Crippen LogP contribution is 2.24. The molecule has 20 heavy (non-hydrogen) atoms. The van der Waals surface area contributed by atoms with Gasteiger partial charge in [-0.2, -0.15) is 0 Å². The largest absolute Gasteiger partial charge is 0.393 e. The van der Waals surface area contributed by atoms with Gasteiger partial charge in [0, 0.05) is 30.5 Å². The molecule has 4 nitrogen and oxygen atoms in total. The van der Waals surface area contributed by atoms with E-state index in [1.807, 2.05) is 0 Å². The average Bonchev–Trinajstić information content (AvgIpc) is 2.51. The highest BCUT2D eigenvalue weighted by molar-refractivity contribution is 5.55. The number of hydrogen-bond acceptors (Lipinski definition) is 4. The highest BCUT2D eigenvalue weighted by Gasteiger charge is 2.19. The zero-order chi connectivity index (χ0) is 13.8. The first-order chi connectivity index (χ1) is 9.81. The summed E-state index contributed by atoms with van der Waals surface area (Å²) in [5.41, 5.74) is 2.46. The molecule has 1 saturated carbocycles. The lowest BCUT2D eigenvalue weighted by Crippen LogP contribution is -2.36. The third-order valence-electron chi connectivity index (χ3n) is 4.31. The molecule has 0 atom stereocenters. The Hall–Kier alpha value is -1.26. The maximum absolute atomic E-state index is 9.53. The molecule has 0 radical (unpaired) electrons. The number of benzene rings is 1. The molecule has 2 aliphatic rings. The summed E-state index contributed by atoms with van der Waals surface area (Å²) in [5.74, 6) is 0. The summed E-state index contributed by atoms with van der Waals surface area (Å²) in [7, 11) is 0. The van der Waals surface area contributed by atoms with Gasteiger partial charge in [-0.05, 0) is 49.9 Å². The Bertz CT molecular complexity index is 407. The van der Waals surface area contributed by atoms with Crippen LogP contribution in [0.1, 0.15) is 25.7 Å². The van der Waals surface area contributed by atoms with E-state index in [1.54, 1.807) is 0 Å². The van der Waals surface area contributed by atoms with Crippen molar-refractivity contribution in [3.8, 4) is 0 Å². The molecule has 0 unspecified atom stereocenters. The minimum Gasteiger partial charge on any atom is -0.393 e. The van der Waals surface area contributed by atoms with Gasteiger partial charge < -0.3 is 20.1 Å². The van der Waals surface area contributed by atoms with Crippen molar-refractivity contribution in [3.63, 3.8) is 0 Å². The van der Waals surface area contributed by atoms with E-state index in [0.29, 0.717) is 6.04 Å². The van der Waals surface area contributed by atoms with Crippen molar-refractivity contribution in [2.24, 2.45) is 0 Å². The molecular weight excluding hydrogens is 252 g/mol. The number of hydrogen-bond donors (Lipinski definition) is 2. The molecule has 3 rings (SSSR count). The molecule has 1 saturated heterocycles. The van der Waals surface area contributed by atoms with Gasteiger partial charge in [0.2, 0.25) is 0 Å². The van der Waals surface area contributed by atoms with E-state index in [4.69, 9.17) is 4.74 Å². The standard InChI is InChI=1S/C16H24N2O2/c19-16-7-3-14(4-8-16)17-13-1-5-15(6-2-13)18-9-11-20-12-10-18/h1-2,5-6,14,16-17,19H,3-4,7-12H2. The lowest BCUT2D eigenvalue weighted by Gasteiger charge is -2.29. The van der Waals surface area contributed by atoms with Crippen LogP contribution in [0.15, 0.2) is 24.3 Å². The summed E-state index contributed by atoms with van der Waals surface area (Å²) in [6.07, 6.45) is 3.88. The number of aliphatic hydroxyl groups is 1. The van der Waals surface area contributed by atoms with Crippen molar-refractivity contribution in [1.29, 1.82) is 0 Å². The number of rotatable bonds is 3. The lowest BCUT2D eigenvalue weighted by atomic mass is 9.93. The first-order valence-corrected chi connectivity index (χ1v) is 7.68. The first-order valence-electron chi connectivity index (χ1n) is 7.68. The highest BCUT2D eigenvalue weighted by atomic mass is 16.5. The van der Waals surface area contributed by atoms with Crippen LogP contribution in [0.5, 0.6) is 0 Å². The van der Waals surface area contributed by atoms with Crippen molar-refractivity contribution in [2.75, 3.05) is 36.5 Å². The van der Waals surface area contributed by atoms with Crippen LogP contribution in [-0.2, 0) is 4.74 Å².